The van der Waals surface area contributed by atoms with Crippen molar-refractivity contribution in [2.45, 2.75) is 193 Å². The minimum atomic E-state index is -4.43. The van der Waals surface area contributed by atoms with Crippen LogP contribution in [0.15, 0.2) is 72.9 Å². The monoisotopic (exact) mass is 834 g/mol. The van der Waals surface area contributed by atoms with Crippen molar-refractivity contribution < 1.29 is 37.9 Å². The average Bonchev–Trinajstić information content (AvgIpc) is 3.21. The third kappa shape index (κ3) is 44.6. The van der Waals surface area contributed by atoms with Crippen LogP contribution in [0.3, 0.4) is 0 Å². The summed E-state index contributed by atoms with van der Waals surface area (Å²) in [6.07, 6.45) is 54.0. The molecule has 2 unspecified atom stereocenters. The van der Waals surface area contributed by atoms with E-state index in [0.717, 1.165) is 96.3 Å². The van der Waals surface area contributed by atoms with Crippen molar-refractivity contribution >= 4 is 19.7 Å². The second-order valence-corrected chi connectivity index (χ2v) is 16.4. The fourth-order valence-corrected chi connectivity index (χ4v) is 6.69. The predicted molar refractivity (Wildman–Crippen MR) is 243 cm³/mol. The summed E-state index contributed by atoms with van der Waals surface area (Å²) in [5.74, 6) is -0.540. The molecule has 334 valence electrons. The van der Waals surface area contributed by atoms with Crippen molar-refractivity contribution in [3.8, 4) is 0 Å². The lowest BCUT2D eigenvalue weighted by molar-refractivity contribution is -0.147. The first-order valence-corrected chi connectivity index (χ1v) is 24.4. The van der Waals surface area contributed by atoms with Gasteiger partial charge in [-0.15, -0.1) is 0 Å². The van der Waals surface area contributed by atoms with E-state index >= 15 is 0 Å². The van der Waals surface area contributed by atoms with Crippen LogP contribution in [0.25, 0.3) is 0 Å². The molecule has 0 saturated carbocycles. The number of carbonyl (C=O) groups is 2. The normalized spacial score (nSPS) is 13.9. The highest BCUT2D eigenvalue weighted by Crippen LogP contribution is 2.42. The Morgan fingerprint density at radius 3 is 1.50 bits per heavy atom. The lowest BCUT2D eigenvalue weighted by atomic mass is 10.1. The molecule has 0 fully saturated rings. The van der Waals surface area contributed by atoms with E-state index in [1.165, 1.54) is 64.2 Å². The Morgan fingerprint density at radius 1 is 0.552 bits per heavy atom. The number of nitrogens with one attached hydrogen (secondary N) is 1. The van der Waals surface area contributed by atoms with E-state index in [2.05, 4.69) is 92.1 Å². The summed E-state index contributed by atoms with van der Waals surface area (Å²) in [5, 5.41) is 12.7. The van der Waals surface area contributed by atoms with E-state index in [1.807, 2.05) is 0 Å². The number of amides is 1. The number of hydrogen-bond donors (Lipinski definition) is 3. The van der Waals surface area contributed by atoms with Crippen LogP contribution >= 0.6 is 7.82 Å². The molecule has 2 atom stereocenters. The van der Waals surface area contributed by atoms with E-state index in [0.29, 0.717) is 6.42 Å². The molecule has 0 rings (SSSR count). The quantitative estimate of drug-likeness (QED) is 0.0240. The number of phosphoric ester groups is 1. The maximum atomic E-state index is 12.1. The molecule has 0 saturated heterocycles. The molecule has 0 radical (unpaired) electrons. The van der Waals surface area contributed by atoms with E-state index in [-0.39, 0.29) is 32.1 Å². The number of hydrogen-bond acceptors (Lipinski definition) is 7. The Balaban J connectivity index is 3.64. The second kappa shape index (κ2) is 44.0. The van der Waals surface area contributed by atoms with E-state index in [4.69, 9.17) is 13.8 Å². The third-order valence-electron chi connectivity index (χ3n) is 9.37. The van der Waals surface area contributed by atoms with Gasteiger partial charge in [0.1, 0.15) is 12.7 Å². The molecule has 0 aliphatic carbocycles. The second-order valence-electron chi connectivity index (χ2n) is 15.0. The number of allylic oxidation sites excluding steroid dienone is 12. The van der Waals surface area contributed by atoms with Gasteiger partial charge in [-0.25, -0.2) is 4.57 Å². The Morgan fingerprint density at radius 2 is 0.983 bits per heavy atom. The lowest BCUT2D eigenvalue weighted by Gasteiger charge is -2.15. The number of carbonyl (C=O) groups excluding carboxylic acids is 2. The van der Waals surface area contributed by atoms with Gasteiger partial charge < -0.3 is 20.1 Å². The SMILES string of the molecule is CC/C=C\C/C=C\C/C=C\C/C=C\C/C=C\CCCCCCCCCC(=O)OCC(O)COP(=O)(O)OCCNC(=O)CCCCCCC/C=C\CCCCCCC. The zero-order valence-electron chi connectivity index (χ0n) is 36.7. The van der Waals surface area contributed by atoms with Gasteiger partial charge in [-0.05, 0) is 83.5 Å². The summed E-state index contributed by atoms with van der Waals surface area (Å²) >= 11 is 0. The summed E-state index contributed by atoms with van der Waals surface area (Å²) in [5.41, 5.74) is 0. The molecule has 0 aromatic rings. The van der Waals surface area contributed by atoms with Gasteiger partial charge >= 0.3 is 13.8 Å². The van der Waals surface area contributed by atoms with Crippen molar-refractivity contribution in [1.82, 2.24) is 5.32 Å². The summed E-state index contributed by atoms with van der Waals surface area (Å²) in [6, 6.07) is 0. The van der Waals surface area contributed by atoms with Gasteiger partial charge in [0.25, 0.3) is 0 Å². The number of esters is 1. The largest absolute Gasteiger partial charge is 0.472 e. The van der Waals surface area contributed by atoms with Gasteiger partial charge in [-0.3, -0.25) is 18.6 Å². The van der Waals surface area contributed by atoms with Crippen molar-refractivity contribution in [2.75, 3.05) is 26.4 Å². The molecular formula is C48H84NO8P. The van der Waals surface area contributed by atoms with Crippen LogP contribution in [0.5, 0.6) is 0 Å². The zero-order chi connectivity index (χ0) is 42.5. The van der Waals surface area contributed by atoms with Gasteiger partial charge in [-0.1, -0.05) is 164 Å². The third-order valence-corrected chi connectivity index (χ3v) is 10.4. The van der Waals surface area contributed by atoms with Gasteiger partial charge in [0.05, 0.1) is 13.2 Å². The minimum absolute atomic E-state index is 0.0731. The van der Waals surface area contributed by atoms with Crippen LogP contribution in [-0.4, -0.2) is 54.3 Å². The first-order valence-electron chi connectivity index (χ1n) is 22.9. The molecule has 1 amide bonds. The Hall–Kier alpha value is -2.55. The van der Waals surface area contributed by atoms with Gasteiger partial charge in [0, 0.05) is 19.4 Å². The number of unbranched alkanes of at least 4 members (excludes halogenated alkanes) is 17. The molecular weight excluding hydrogens is 750 g/mol. The van der Waals surface area contributed by atoms with Gasteiger partial charge in [0.15, 0.2) is 0 Å². The topological polar surface area (TPSA) is 131 Å². The van der Waals surface area contributed by atoms with Crippen LogP contribution in [-0.2, 0) is 27.9 Å². The smallest absolute Gasteiger partial charge is 0.463 e. The number of ether oxygens (including phenoxy) is 1. The molecule has 0 aromatic heterocycles. The minimum Gasteiger partial charge on any atom is -0.463 e. The maximum absolute atomic E-state index is 12.1. The lowest BCUT2D eigenvalue weighted by Crippen LogP contribution is -2.27. The van der Waals surface area contributed by atoms with Crippen LogP contribution in [0.1, 0.15) is 187 Å². The molecule has 0 spiro atoms. The van der Waals surface area contributed by atoms with Crippen molar-refractivity contribution in [3.63, 3.8) is 0 Å². The number of rotatable bonds is 42. The van der Waals surface area contributed by atoms with Gasteiger partial charge in [-0.2, -0.15) is 0 Å². The van der Waals surface area contributed by atoms with Crippen molar-refractivity contribution in [1.29, 1.82) is 0 Å². The highest BCUT2D eigenvalue weighted by molar-refractivity contribution is 7.47. The molecule has 0 aromatic carbocycles. The number of aliphatic hydroxyl groups is 1. The van der Waals surface area contributed by atoms with Crippen LogP contribution in [0.4, 0.5) is 0 Å². The first kappa shape index (κ1) is 55.5. The molecule has 0 aliphatic heterocycles. The molecule has 0 aliphatic rings. The summed E-state index contributed by atoms with van der Waals surface area (Å²) in [6.45, 7) is 3.40. The molecule has 9 nitrogen and oxygen atoms in total. The van der Waals surface area contributed by atoms with Crippen LogP contribution in [0, 0.1) is 0 Å². The number of phosphoric acid groups is 1. The fraction of sp³-hybridized carbons (Fsp3) is 0.708. The predicted octanol–water partition coefficient (Wildman–Crippen LogP) is 13.0. The van der Waals surface area contributed by atoms with E-state index in [9.17, 15) is 24.2 Å². The van der Waals surface area contributed by atoms with Crippen molar-refractivity contribution in [2.24, 2.45) is 0 Å². The molecule has 10 heteroatoms. The van der Waals surface area contributed by atoms with E-state index in [1.54, 1.807) is 0 Å². The first-order chi connectivity index (χ1) is 28.3. The molecule has 58 heavy (non-hydrogen) atoms. The summed E-state index contributed by atoms with van der Waals surface area (Å²) in [4.78, 5) is 33.9. The Kier molecular flexibility index (Phi) is 42.1. The average molecular weight is 834 g/mol. The van der Waals surface area contributed by atoms with Crippen LogP contribution < -0.4 is 5.32 Å². The maximum Gasteiger partial charge on any atom is 0.472 e. The fourth-order valence-electron chi connectivity index (χ4n) is 5.93. The Bertz CT molecular complexity index is 1180. The Labute approximate surface area is 354 Å². The molecule has 0 heterocycles. The highest BCUT2D eigenvalue weighted by Gasteiger charge is 2.23. The van der Waals surface area contributed by atoms with Crippen molar-refractivity contribution in [3.05, 3.63) is 72.9 Å². The van der Waals surface area contributed by atoms with Gasteiger partial charge in [0.2, 0.25) is 5.91 Å². The summed E-state index contributed by atoms with van der Waals surface area (Å²) < 4.78 is 26.9. The standard InChI is InChI=1S/C48H84NO8P/c1-3-5-7-9-11-13-15-17-19-20-21-22-23-24-25-26-27-29-31-33-35-37-39-41-48(52)55-44-46(50)45-57-58(53,54)56-43-42-49-47(51)40-38-36-34-32-30-28-18-16-14-12-10-8-6-4-2/h5,7,11,13,16-19,21-22,24-25,46,50H,3-4,6,8-10,12,14-15,20,23,26-45H2,1-2H3,(H,49,51)(H,53,54)/b7-5-,13-11-,18-16-,19-17-,22-21-,25-24-. The molecule has 3 N–H and O–H groups in total. The van der Waals surface area contributed by atoms with Crippen LogP contribution in [0.2, 0.25) is 0 Å². The highest BCUT2D eigenvalue weighted by atomic mass is 31.2. The summed E-state index contributed by atoms with van der Waals surface area (Å²) in [7, 11) is -4.43. The number of aliphatic hydroxyl groups excluding tert-OH is 1. The molecule has 0 bridgehead atoms. The zero-order valence-corrected chi connectivity index (χ0v) is 37.6. The van der Waals surface area contributed by atoms with E-state index < -0.39 is 26.5 Å².